The number of carbonyl (C=O) groups is 2. The Kier molecular flexibility index (Phi) is 8.84. The lowest BCUT2D eigenvalue weighted by molar-refractivity contribution is -0.151. The quantitative estimate of drug-likeness (QED) is 0.245. The number of fused-ring (bicyclic) bond motifs is 1. The Morgan fingerprint density at radius 2 is 1.83 bits per heavy atom. The summed E-state index contributed by atoms with van der Waals surface area (Å²) in [6, 6.07) is 12.6. The van der Waals surface area contributed by atoms with Gasteiger partial charge < -0.3 is 15.2 Å². The number of hydrogen-bond donors (Lipinski definition) is 2. The standard InChI is InChI=1S/C16H17ClN2O4S.C7H8O3S/c1-22-11-4-2-9(3-5-11)7-23-16(21)13-10(6-17)8-24-15-12(18)14(20)19(13)15;1-6-2-4-7(5-3-6)11(8,9)10/h2-5,12,15H,6-8,18H2,1H3;2-5H,1H3,(H,8,9,10)/t12?,15-;/m1./s1. The molecule has 0 radical (unpaired) electrons. The minimum absolute atomic E-state index is 0.0666. The van der Waals surface area contributed by atoms with Crippen LogP contribution < -0.4 is 10.5 Å². The highest BCUT2D eigenvalue weighted by molar-refractivity contribution is 8.00. The Balaban J connectivity index is 0.000000261. The molecule has 2 aliphatic rings. The summed E-state index contributed by atoms with van der Waals surface area (Å²) in [7, 11) is -2.43. The maximum atomic E-state index is 12.5. The Morgan fingerprint density at radius 3 is 2.37 bits per heavy atom. The Bertz CT molecular complexity index is 1220. The first-order valence-electron chi connectivity index (χ1n) is 10.4. The summed E-state index contributed by atoms with van der Waals surface area (Å²) in [6.45, 7) is 1.95. The molecule has 0 saturated carbocycles. The van der Waals surface area contributed by atoms with Gasteiger partial charge in [0.1, 0.15) is 29.5 Å². The lowest BCUT2D eigenvalue weighted by atomic mass is 10.0. The number of amides is 1. The van der Waals surface area contributed by atoms with Crippen LogP contribution in [0.1, 0.15) is 11.1 Å². The minimum atomic E-state index is -4.02. The Morgan fingerprint density at radius 1 is 1.20 bits per heavy atom. The van der Waals surface area contributed by atoms with E-state index in [9.17, 15) is 18.0 Å². The fourth-order valence-electron chi connectivity index (χ4n) is 3.32. The van der Waals surface area contributed by atoms with Crippen molar-refractivity contribution >= 4 is 45.4 Å². The largest absolute Gasteiger partial charge is 0.497 e. The van der Waals surface area contributed by atoms with Crippen LogP contribution in [0.5, 0.6) is 5.75 Å². The summed E-state index contributed by atoms with van der Waals surface area (Å²) >= 11 is 7.44. The van der Waals surface area contributed by atoms with Crippen LogP contribution in [0.25, 0.3) is 0 Å². The van der Waals surface area contributed by atoms with Crippen LogP contribution >= 0.6 is 23.4 Å². The summed E-state index contributed by atoms with van der Waals surface area (Å²) in [4.78, 5) is 25.8. The number of esters is 1. The van der Waals surface area contributed by atoms with Crippen molar-refractivity contribution in [1.82, 2.24) is 4.90 Å². The minimum Gasteiger partial charge on any atom is -0.497 e. The molecule has 188 valence electrons. The predicted molar refractivity (Wildman–Crippen MR) is 133 cm³/mol. The monoisotopic (exact) mass is 540 g/mol. The summed E-state index contributed by atoms with van der Waals surface area (Å²) in [5.74, 6) is 0.646. The molecule has 0 aromatic heterocycles. The van der Waals surface area contributed by atoms with Gasteiger partial charge in [0.05, 0.1) is 12.0 Å². The molecule has 0 spiro atoms. The SMILES string of the molecule is COc1ccc(COC(=O)C2=C(CCl)CS[C@@H]3C(N)C(=O)N23)cc1.Cc1ccc(S(=O)(=O)O)cc1. The van der Waals surface area contributed by atoms with E-state index in [1.807, 2.05) is 19.1 Å². The lowest BCUT2D eigenvalue weighted by Gasteiger charge is -2.48. The maximum absolute atomic E-state index is 12.5. The number of halogens is 1. The predicted octanol–water partition coefficient (Wildman–Crippen LogP) is 2.72. The number of methoxy groups -OCH3 is 1. The molecule has 2 heterocycles. The number of thioether (sulfide) groups is 1. The number of nitrogens with two attached hydrogens (primary N) is 1. The highest BCUT2D eigenvalue weighted by Crippen LogP contribution is 2.40. The van der Waals surface area contributed by atoms with E-state index in [0.717, 1.165) is 16.9 Å². The van der Waals surface area contributed by atoms with Gasteiger partial charge in [-0.1, -0.05) is 29.8 Å². The van der Waals surface area contributed by atoms with Gasteiger partial charge in [-0.05, 0) is 42.3 Å². The van der Waals surface area contributed by atoms with Crippen LogP contribution in [0.4, 0.5) is 0 Å². The van der Waals surface area contributed by atoms with E-state index >= 15 is 0 Å². The van der Waals surface area contributed by atoms with E-state index in [4.69, 9.17) is 31.4 Å². The average molecular weight is 541 g/mol. The molecule has 2 aromatic rings. The second-order valence-corrected chi connectivity index (χ2v) is 10.5. The molecule has 1 amide bonds. The smallest absolute Gasteiger partial charge is 0.355 e. The van der Waals surface area contributed by atoms with Gasteiger partial charge in [0.25, 0.3) is 10.1 Å². The van der Waals surface area contributed by atoms with Crippen molar-refractivity contribution in [3.63, 3.8) is 0 Å². The second-order valence-electron chi connectivity index (χ2n) is 7.73. The molecule has 1 unspecified atom stereocenters. The van der Waals surface area contributed by atoms with E-state index in [2.05, 4.69) is 0 Å². The molecule has 2 aromatic carbocycles. The van der Waals surface area contributed by atoms with Crippen LogP contribution in [0.3, 0.4) is 0 Å². The number of alkyl halides is 1. The molecule has 0 bridgehead atoms. The van der Waals surface area contributed by atoms with Gasteiger partial charge in [-0.2, -0.15) is 8.42 Å². The van der Waals surface area contributed by atoms with Crippen molar-refractivity contribution in [2.45, 2.75) is 29.8 Å². The number of hydrogen-bond acceptors (Lipinski definition) is 8. The number of carbonyl (C=O) groups excluding carboxylic acids is 2. The molecule has 3 N–H and O–H groups in total. The molecule has 2 aliphatic heterocycles. The molecule has 12 heteroatoms. The first kappa shape index (κ1) is 27.0. The molecule has 1 fully saturated rings. The van der Waals surface area contributed by atoms with Crippen molar-refractivity contribution in [3.05, 3.63) is 70.9 Å². The Labute approximate surface area is 213 Å². The maximum Gasteiger partial charge on any atom is 0.355 e. The number of ether oxygens (including phenoxy) is 2. The number of β-lactam (4-membered cyclic amide) rings is 1. The summed E-state index contributed by atoms with van der Waals surface area (Å²) in [5.41, 5.74) is 8.50. The summed E-state index contributed by atoms with van der Waals surface area (Å²) in [6.07, 6.45) is 0. The summed E-state index contributed by atoms with van der Waals surface area (Å²) < 4.78 is 40.0. The van der Waals surface area contributed by atoms with Gasteiger partial charge in [-0.25, -0.2) is 4.79 Å². The van der Waals surface area contributed by atoms with Crippen LogP contribution in [0.15, 0.2) is 64.7 Å². The average Bonchev–Trinajstić information content (AvgIpc) is 2.86. The van der Waals surface area contributed by atoms with Crippen molar-refractivity contribution in [2.75, 3.05) is 18.7 Å². The Hall–Kier alpha value is -2.57. The van der Waals surface area contributed by atoms with Gasteiger partial charge in [0.2, 0.25) is 5.91 Å². The molecule has 9 nitrogen and oxygen atoms in total. The van der Waals surface area contributed by atoms with Gasteiger partial charge in [-0.3, -0.25) is 14.2 Å². The van der Waals surface area contributed by atoms with Gasteiger partial charge in [0, 0.05) is 11.6 Å². The van der Waals surface area contributed by atoms with E-state index in [1.54, 1.807) is 31.4 Å². The van der Waals surface area contributed by atoms with E-state index in [1.165, 1.54) is 28.8 Å². The molecule has 35 heavy (non-hydrogen) atoms. The third-order valence-electron chi connectivity index (χ3n) is 5.29. The molecule has 1 saturated heterocycles. The zero-order chi connectivity index (χ0) is 25.8. The highest BCUT2D eigenvalue weighted by Gasteiger charge is 2.51. The van der Waals surface area contributed by atoms with Crippen LogP contribution in [-0.4, -0.2) is 59.9 Å². The van der Waals surface area contributed by atoms with E-state index < -0.39 is 22.1 Å². The van der Waals surface area contributed by atoms with Gasteiger partial charge in [0.15, 0.2) is 0 Å². The number of nitrogens with zero attached hydrogens (tertiary/aromatic N) is 1. The second kappa shape index (κ2) is 11.4. The molecule has 4 rings (SSSR count). The lowest BCUT2D eigenvalue weighted by Crippen LogP contribution is -2.68. The zero-order valence-corrected chi connectivity index (χ0v) is 21.4. The first-order chi connectivity index (χ1) is 16.6. The third-order valence-corrected chi connectivity index (χ3v) is 7.84. The van der Waals surface area contributed by atoms with E-state index in [0.29, 0.717) is 11.3 Å². The van der Waals surface area contributed by atoms with Crippen molar-refractivity contribution in [3.8, 4) is 5.75 Å². The fraction of sp³-hybridized carbons (Fsp3) is 0.304. The van der Waals surface area contributed by atoms with Crippen molar-refractivity contribution in [2.24, 2.45) is 5.73 Å². The first-order valence-corrected chi connectivity index (χ1v) is 13.4. The van der Waals surface area contributed by atoms with Gasteiger partial charge >= 0.3 is 5.97 Å². The van der Waals surface area contributed by atoms with Gasteiger partial charge in [-0.15, -0.1) is 23.4 Å². The normalized spacial score (nSPS) is 19.2. The highest BCUT2D eigenvalue weighted by atomic mass is 35.5. The molecule has 2 atom stereocenters. The number of aryl methyl sites for hydroxylation is 1. The molecule has 0 aliphatic carbocycles. The summed E-state index contributed by atoms with van der Waals surface area (Å²) in [5, 5.41) is -0.215. The van der Waals surface area contributed by atoms with Crippen LogP contribution in [-0.2, 0) is 31.1 Å². The van der Waals surface area contributed by atoms with Crippen LogP contribution in [0, 0.1) is 6.92 Å². The van der Waals surface area contributed by atoms with Crippen molar-refractivity contribution in [1.29, 1.82) is 0 Å². The number of benzene rings is 2. The molecular formula is C23H25ClN2O7S2. The van der Waals surface area contributed by atoms with Crippen molar-refractivity contribution < 1.29 is 32.0 Å². The zero-order valence-electron chi connectivity index (χ0n) is 19.0. The third kappa shape index (κ3) is 6.36. The fourth-order valence-corrected chi connectivity index (χ4v) is 5.43. The molecular weight excluding hydrogens is 516 g/mol. The topological polar surface area (TPSA) is 136 Å². The van der Waals surface area contributed by atoms with E-state index in [-0.39, 0.29) is 34.4 Å². The number of rotatable bonds is 6. The van der Waals surface area contributed by atoms with Crippen LogP contribution in [0.2, 0.25) is 0 Å².